The number of rotatable bonds is 5. The molecule has 0 aliphatic heterocycles. The summed E-state index contributed by atoms with van der Waals surface area (Å²) in [4.78, 5) is 6.40. The predicted octanol–water partition coefficient (Wildman–Crippen LogP) is 2.88. The first kappa shape index (κ1) is 13.6. The predicted molar refractivity (Wildman–Crippen MR) is 80.0 cm³/mol. The first-order valence-corrected chi connectivity index (χ1v) is 6.68. The van der Waals surface area contributed by atoms with Gasteiger partial charge < -0.3 is 10.6 Å². The highest BCUT2D eigenvalue weighted by molar-refractivity contribution is 5.55. The molecule has 0 unspecified atom stereocenters. The molecular formula is C16H21N3. The zero-order chi connectivity index (χ0) is 13.7. The van der Waals surface area contributed by atoms with E-state index in [0.717, 1.165) is 13.1 Å². The molecule has 1 aromatic heterocycles. The van der Waals surface area contributed by atoms with E-state index in [4.69, 9.17) is 5.73 Å². The summed E-state index contributed by atoms with van der Waals surface area (Å²) in [6.07, 6.45) is 3.67. The molecule has 2 N–H and O–H groups in total. The first-order chi connectivity index (χ1) is 9.24. The van der Waals surface area contributed by atoms with Crippen LogP contribution in [0.4, 0.5) is 5.69 Å². The molecule has 100 valence electrons. The molecule has 0 atom stereocenters. The van der Waals surface area contributed by atoms with Gasteiger partial charge in [0.1, 0.15) is 0 Å². The van der Waals surface area contributed by atoms with Gasteiger partial charge in [-0.3, -0.25) is 4.98 Å². The van der Waals surface area contributed by atoms with Crippen LogP contribution in [0.15, 0.2) is 42.7 Å². The van der Waals surface area contributed by atoms with Gasteiger partial charge in [0, 0.05) is 37.7 Å². The van der Waals surface area contributed by atoms with Crippen LogP contribution in [0.2, 0.25) is 0 Å². The zero-order valence-electron chi connectivity index (χ0n) is 11.6. The van der Waals surface area contributed by atoms with Gasteiger partial charge in [0.15, 0.2) is 0 Å². The molecule has 0 saturated heterocycles. The Kier molecular flexibility index (Phi) is 4.53. The Morgan fingerprint density at radius 1 is 1.16 bits per heavy atom. The van der Waals surface area contributed by atoms with Crippen LogP contribution in [0.1, 0.15) is 23.6 Å². The van der Waals surface area contributed by atoms with Crippen LogP contribution in [0.25, 0.3) is 0 Å². The standard InChI is InChI=1S/C16H21N3/c1-3-19(12-14-6-8-18-9-7-14)16-5-4-13(2)10-15(16)11-17/h4-10H,3,11-12,17H2,1-2H3. The van der Waals surface area contributed by atoms with Gasteiger partial charge in [0.2, 0.25) is 0 Å². The van der Waals surface area contributed by atoms with Crippen LogP contribution in [0, 0.1) is 6.92 Å². The third kappa shape index (κ3) is 3.32. The number of aryl methyl sites for hydroxylation is 1. The van der Waals surface area contributed by atoms with Crippen molar-refractivity contribution < 1.29 is 0 Å². The lowest BCUT2D eigenvalue weighted by Crippen LogP contribution is -2.24. The highest BCUT2D eigenvalue weighted by Crippen LogP contribution is 2.23. The van der Waals surface area contributed by atoms with Gasteiger partial charge in [-0.1, -0.05) is 17.7 Å². The van der Waals surface area contributed by atoms with Crippen molar-refractivity contribution in [1.82, 2.24) is 4.98 Å². The molecule has 3 heteroatoms. The molecule has 0 fully saturated rings. The van der Waals surface area contributed by atoms with E-state index >= 15 is 0 Å². The van der Waals surface area contributed by atoms with Gasteiger partial charge in [0.25, 0.3) is 0 Å². The van der Waals surface area contributed by atoms with E-state index in [1.807, 2.05) is 12.4 Å². The Balaban J connectivity index is 2.27. The molecule has 1 aromatic carbocycles. The fourth-order valence-corrected chi connectivity index (χ4v) is 2.26. The van der Waals surface area contributed by atoms with Gasteiger partial charge >= 0.3 is 0 Å². The summed E-state index contributed by atoms with van der Waals surface area (Å²) in [5.74, 6) is 0. The summed E-state index contributed by atoms with van der Waals surface area (Å²) in [5, 5.41) is 0. The summed E-state index contributed by atoms with van der Waals surface area (Å²) in [5.41, 5.74) is 10.8. The second-order valence-electron chi connectivity index (χ2n) is 4.71. The molecule has 3 nitrogen and oxygen atoms in total. The van der Waals surface area contributed by atoms with Crippen LogP contribution in [0.5, 0.6) is 0 Å². The smallest absolute Gasteiger partial charge is 0.0430 e. The maximum absolute atomic E-state index is 5.87. The monoisotopic (exact) mass is 255 g/mol. The molecule has 1 heterocycles. The van der Waals surface area contributed by atoms with Gasteiger partial charge in [-0.05, 0) is 43.2 Å². The quantitative estimate of drug-likeness (QED) is 0.893. The largest absolute Gasteiger partial charge is 0.367 e. The molecule has 2 rings (SSSR count). The SMILES string of the molecule is CCN(Cc1ccncc1)c1ccc(C)cc1CN. The topological polar surface area (TPSA) is 42.2 Å². The van der Waals surface area contributed by atoms with E-state index in [0.29, 0.717) is 6.54 Å². The fourth-order valence-electron chi connectivity index (χ4n) is 2.26. The molecule has 0 aliphatic carbocycles. The van der Waals surface area contributed by atoms with Crippen molar-refractivity contribution in [3.05, 3.63) is 59.4 Å². The van der Waals surface area contributed by atoms with Gasteiger partial charge in [0.05, 0.1) is 0 Å². The molecule has 0 radical (unpaired) electrons. The van der Waals surface area contributed by atoms with E-state index in [1.165, 1.54) is 22.4 Å². The zero-order valence-corrected chi connectivity index (χ0v) is 11.6. The van der Waals surface area contributed by atoms with Crippen molar-refractivity contribution in [3.8, 4) is 0 Å². The lowest BCUT2D eigenvalue weighted by molar-refractivity contribution is 0.819. The van der Waals surface area contributed by atoms with Crippen LogP contribution in [-0.2, 0) is 13.1 Å². The second-order valence-corrected chi connectivity index (χ2v) is 4.71. The van der Waals surface area contributed by atoms with E-state index in [2.05, 4.69) is 54.1 Å². The summed E-state index contributed by atoms with van der Waals surface area (Å²) in [6, 6.07) is 10.6. The Bertz CT molecular complexity index is 523. The molecule has 2 aromatic rings. The molecule has 19 heavy (non-hydrogen) atoms. The van der Waals surface area contributed by atoms with Crippen molar-refractivity contribution in [2.75, 3.05) is 11.4 Å². The summed E-state index contributed by atoms with van der Waals surface area (Å²) in [7, 11) is 0. The first-order valence-electron chi connectivity index (χ1n) is 6.68. The number of hydrogen-bond donors (Lipinski definition) is 1. The highest BCUT2D eigenvalue weighted by Gasteiger charge is 2.09. The molecule has 0 aliphatic rings. The minimum absolute atomic E-state index is 0.573. The number of hydrogen-bond acceptors (Lipinski definition) is 3. The Morgan fingerprint density at radius 2 is 1.89 bits per heavy atom. The van der Waals surface area contributed by atoms with Crippen LogP contribution in [0.3, 0.4) is 0 Å². The van der Waals surface area contributed by atoms with E-state index in [1.54, 1.807) is 0 Å². The highest BCUT2D eigenvalue weighted by atomic mass is 15.1. The molecule has 0 saturated carbocycles. The molecule has 0 bridgehead atoms. The minimum atomic E-state index is 0.573. The Labute approximate surface area is 115 Å². The van der Waals surface area contributed by atoms with E-state index < -0.39 is 0 Å². The lowest BCUT2D eigenvalue weighted by Gasteiger charge is -2.26. The molecule has 0 amide bonds. The van der Waals surface area contributed by atoms with E-state index in [9.17, 15) is 0 Å². The summed E-state index contributed by atoms with van der Waals surface area (Å²) in [6.45, 7) is 6.68. The number of pyridine rings is 1. The average Bonchev–Trinajstić information content (AvgIpc) is 2.46. The lowest BCUT2D eigenvalue weighted by atomic mass is 10.1. The fraction of sp³-hybridized carbons (Fsp3) is 0.312. The second kappa shape index (κ2) is 6.34. The maximum Gasteiger partial charge on any atom is 0.0430 e. The number of nitrogens with two attached hydrogens (primary N) is 1. The van der Waals surface area contributed by atoms with Crippen LogP contribution in [-0.4, -0.2) is 11.5 Å². The maximum atomic E-state index is 5.87. The van der Waals surface area contributed by atoms with Crippen molar-refractivity contribution >= 4 is 5.69 Å². The van der Waals surface area contributed by atoms with Gasteiger partial charge in [-0.15, -0.1) is 0 Å². The normalized spacial score (nSPS) is 10.5. The third-order valence-corrected chi connectivity index (χ3v) is 3.30. The minimum Gasteiger partial charge on any atom is -0.367 e. The molecular weight excluding hydrogens is 234 g/mol. The number of anilines is 1. The van der Waals surface area contributed by atoms with Crippen molar-refractivity contribution in [1.29, 1.82) is 0 Å². The van der Waals surface area contributed by atoms with Gasteiger partial charge in [-0.2, -0.15) is 0 Å². The van der Waals surface area contributed by atoms with Crippen LogP contribution >= 0.6 is 0 Å². The Hall–Kier alpha value is -1.87. The van der Waals surface area contributed by atoms with Crippen LogP contribution < -0.4 is 10.6 Å². The molecule has 0 spiro atoms. The number of benzene rings is 1. The third-order valence-electron chi connectivity index (χ3n) is 3.30. The van der Waals surface area contributed by atoms with Crippen molar-refractivity contribution in [2.45, 2.75) is 26.9 Å². The van der Waals surface area contributed by atoms with Crippen molar-refractivity contribution in [2.24, 2.45) is 5.73 Å². The number of aromatic nitrogens is 1. The van der Waals surface area contributed by atoms with Gasteiger partial charge in [-0.25, -0.2) is 0 Å². The number of nitrogens with zero attached hydrogens (tertiary/aromatic N) is 2. The Morgan fingerprint density at radius 3 is 2.53 bits per heavy atom. The van der Waals surface area contributed by atoms with E-state index in [-0.39, 0.29) is 0 Å². The summed E-state index contributed by atoms with van der Waals surface area (Å²) < 4.78 is 0. The summed E-state index contributed by atoms with van der Waals surface area (Å²) >= 11 is 0. The average molecular weight is 255 g/mol. The van der Waals surface area contributed by atoms with Crippen molar-refractivity contribution in [3.63, 3.8) is 0 Å².